The van der Waals surface area contributed by atoms with Gasteiger partial charge >= 0.3 is 0 Å². The SMILES string of the molecule is CNC(CCO)CN1CCN(C(C)C)CC1. The van der Waals surface area contributed by atoms with Gasteiger partial charge in [-0.2, -0.15) is 0 Å². The molecule has 0 radical (unpaired) electrons. The van der Waals surface area contributed by atoms with Gasteiger partial charge in [0.1, 0.15) is 0 Å². The molecular formula is C12H27N3O. The molecule has 2 N–H and O–H groups in total. The highest BCUT2D eigenvalue weighted by Crippen LogP contribution is 2.06. The monoisotopic (exact) mass is 229 g/mol. The predicted molar refractivity (Wildman–Crippen MR) is 67.7 cm³/mol. The third kappa shape index (κ3) is 4.37. The van der Waals surface area contributed by atoms with Crippen LogP contribution < -0.4 is 5.32 Å². The van der Waals surface area contributed by atoms with Gasteiger partial charge in [-0.1, -0.05) is 0 Å². The van der Waals surface area contributed by atoms with Gasteiger partial charge in [-0.15, -0.1) is 0 Å². The van der Waals surface area contributed by atoms with E-state index in [2.05, 4.69) is 29.0 Å². The summed E-state index contributed by atoms with van der Waals surface area (Å²) in [5.41, 5.74) is 0. The Labute approximate surface area is 99.6 Å². The van der Waals surface area contributed by atoms with Crippen molar-refractivity contribution in [2.75, 3.05) is 46.4 Å². The lowest BCUT2D eigenvalue weighted by atomic mass is 10.1. The van der Waals surface area contributed by atoms with E-state index in [1.165, 1.54) is 13.1 Å². The first-order valence-corrected chi connectivity index (χ1v) is 6.42. The molecule has 1 atom stereocenters. The van der Waals surface area contributed by atoms with E-state index in [9.17, 15) is 0 Å². The zero-order chi connectivity index (χ0) is 12.0. The van der Waals surface area contributed by atoms with E-state index in [-0.39, 0.29) is 6.61 Å². The summed E-state index contributed by atoms with van der Waals surface area (Å²) in [6.07, 6.45) is 0.848. The Balaban J connectivity index is 2.25. The van der Waals surface area contributed by atoms with Crippen LogP contribution in [0.1, 0.15) is 20.3 Å². The average Bonchev–Trinajstić information content (AvgIpc) is 2.29. The minimum absolute atomic E-state index is 0.275. The standard InChI is InChI=1S/C12H27N3O/c1-11(2)15-7-5-14(6-8-15)10-12(13-3)4-9-16/h11-13,16H,4-10H2,1-3H3. The predicted octanol–water partition coefficient (Wildman–Crippen LogP) is -0.0172. The lowest BCUT2D eigenvalue weighted by Crippen LogP contribution is -2.52. The molecule has 96 valence electrons. The van der Waals surface area contributed by atoms with Crippen molar-refractivity contribution >= 4 is 0 Å². The van der Waals surface area contributed by atoms with Crippen molar-refractivity contribution in [1.82, 2.24) is 15.1 Å². The van der Waals surface area contributed by atoms with E-state index in [0.29, 0.717) is 12.1 Å². The number of rotatable bonds is 6. The van der Waals surface area contributed by atoms with Crippen LogP contribution in [0, 0.1) is 0 Å². The number of piperazine rings is 1. The van der Waals surface area contributed by atoms with Gasteiger partial charge in [-0.3, -0.25) is 9.80 Å². The van der Waals surface area contributed by atoms with Crippen LogP contribution in [-0.4, -0.2) is 73.4 Å². The molecule has 0 aromatic heterocycles. The van der Waals surface area contributed by atoms with Crippen molar-refractivity contribution in [2.24, 2.45) is 0 Å². The van der Waals surface area contributed by atoms with Gasteiger partial charge in [0.25, 0.3) is 0 Å². The minimum Gasteiger partial charge on any atom is -0.396 e. The number of likely N-dealkylation sites (N-methyl/N-ethyl adjacent to an activating group) is 1. The van der Waals surface area contributed by atoms with Crippen LogP contribution in [0.25, 0.3) is 0 Å². The Bertz CT molecular complexity index is 179. The maximum atomic E-state index is 8.95. The topological polar surface area (TPSA) is 38.7 Å². The third-order valence-electron chi connectivity index (χ3n) is 3.50. The lowest BCUT2D eigenvalue weighted by molar-refractivity contribution is 0.0986. The van der Waals surface area contributed by atoms with Crippen molar-refractivity contribution in [1.29, 1.82) is 0 Å². The van der Waals surface area contributed by atoms with Crippen molar-refractivity contribution in [3.05, 3.63) is 0 Å². The van der Waals surface area contributed by atoms with Crippen LogP contribution in [0.4, 0.5) is 0 Å². The van der Waals surface area contributed by atoms with Crippen LogP contribution in [0.5, 0.6) is 0 Å². The normalized spacial score (nSPS) is 21.6. The largest absolute Gasteiger partial charge is 0.396 e. The fourth-order valence-corrected chi connectivity index (χ4v) is 2.26. The number of hydrogen-bond donors (Lipinski definition) is 2. The summed E-state index contributed by atoms with van der Waals surface area (Å²) in [6.45, 7) is 10.5. The highest BCUT2D eigenvalue weighted by atomic mass is 16.3. The van der Waals surface area contributed by atoms with E-state index < -0.39 is 0 Å². The molecule has 0 amide bonds. The van der Waals surface area contributed by atoms with Gasteiger partial charge in [-0.25, -0.2) is 0 Å². The van der Waals surface area contributed by atoms with Gasteiger partial charge in [0, 0.05) is 51.4 Å². The van der Waals surface area contributed by atoms with E-state index >= 15 is 0 Å². The molecule has 1 rings (SSSR count). The van der Waals surface area contributed by atoms with Gasteiger partial charge < -0.3 is 10.4 Å². The number of nitrogens with zero attached hydrogens (tertiary/aromatic N) is 2. The Kier molecular flexibility index (Phi) is 6.28. The molecule has 0 aliphatic carbocycles. The highest BCUT2D eigenvalue weighted by Gasteiger charge is 2.20. The third-order valence-corrected chi connectivity index (χ3v) is 3.50. The Hall–Kier alpha value is -0.160. The molecule has 4 nitrogen and oxygen atoms in total. The van der Waals surface area contributed by atoms with Crippen molar-refractivity contribution in [2.45, 2.75) is 32.4 Å². The smallest absolute Gasteiger partial charge is 0.0446 e. The molecular weight excluding hydrogens is 202 g/mol. The summed E-state index contributed by atoms with van der Waals surface area (Å²) >= 11 is 0. The molecule has 1 aliphatic rings. The summed E-state index contributed by atoms with van der Waals surface area (Å²) in [4.78, 5) is 5.02. The molecule has 1 unspecified atom stereocenters. The molecule has 1 aliphatic heterocycles. The summed E-state index contributed by atoms with van der Waals surface area (Å²) in [6, 6.07) is 1.09. The fraction of sp³-hybridized carbons (Fsp3) is 1.00. The van der Waals surface area contributed by atoms with E-state index in [0.717, 1.165) is 26.1 Å². The zero-order valence-corrected chi connectivity index (χ0v) is 10.9. The molecule has 4 heteroatoms. The summed E-state index contributed by atoms with van der Waals surface area (Å²) in [7, 11) is 1.98. The van der Waals surface area contributed by atoms with Crippen LogP contribution in [0.2, 0.25) is 0 Å². The quantitative estimate of drug-likeness (QED) is 0.671. The van der Waals surface area contributed by atoms with Crippen LogP contribution in [-0.2, 0) is 0 Å². The molecule has 1 fully saturated rings. The van der Waals surface area contributed by atoms with E-state index in [4.69, 9.17) is 5.11 Å². The minimum atomic E-state index is 0.275. The van der Waals surface area contributed by atoms with E-state index in [1.807, 2.05) is 7.05 Å². The van der Waals surface area contributed by atoms with Gasteiger partial charge in [0.15, 0.2) is 0 Å². The first kappa shape index (κ1) is 13.9. The maximum absolute atomic E-state index is 8.95. The number of nitrogens with one attached hydrogen (secondary N) is 1. The molecule has 1 heterocycles. The van der Waals surface area contributed by atoms with Gasteiger partial charge in [0.05, 0.1) is 0 Å². The van der Waals surface area contributed by atoms with Gasteiger partial charge in [0.2, 0.25) is 0 Å². The fourth-order valence-electron chi connectivity index (χ4n) is 2.26. The summed E-state index contributed by atoms with van der Waals surface area (Å²) in [5.74, 6) is 0. The van der Waals surface area contributed by atoms with E-state index in [1.54, 1.807) is 0 Å². The maximum Gasteiger partial charge on any atom is 0.0446 e. The second-order valence-corrected chi connectivity index (χ2v) is 4.93. The number of aliphatic hydroxyl groups excluding tert-OH is 1. The highest BCUT2D eigenvalue weighted by molar-refractivity contribution is 4.78. The molecule has 0 saturated carbocycles. The Morgan fingerprint density at radius 3 is 2.25 bits per heavy atom. The van der Waals surface area contributed by atoms with Crippen molar-refractivity contribution < 1.29 is 5.11 Å². The molecule has 0 bridgehead atoms. The summed E-state index contributed by atoms with van der Waals surface area (Å²) in [5, 5.41) is 12.2. The Morgan fingerprint density at radius 2 is 1.81 bits per heavy atom. The average molecular weight is 229 g/mol. The molecule has 0 aromatic rings. The first-order valence-electron chi connectivity index (χ1n) is 6.42. The van der Waals surface area contributed by atoms with Crippen LogP contribution >= 0.6 is 0 Å². The van der Waals surface area contributed by atoms with Crippen LogP contribution in [0.3, 0.4) is 0 Å². The van der Waals surface area contributed by atoms with Crippen molar-refractivity contribution in [3.8, 4) is 0 Å². The number of hydrogen-bond acceptors (Lipinski definition) is 4. The molecule has 0 spiro atoms. The molecule has 0 aromatic carbocycles. The second kappa shape index (κ2) is 7.22. The molecule has 1 saturated heterocycles. The van der Waals surface area contributed by atoms with Gasteiger partial charge in [-0.05, 0) is 27.3 Å². The van der Waals surface area contributed by atoms with Crippen LogP contribution in [0.15, 0.2) is 0 Å². The second-order valence-electron chi connectivity index (χ2n) is 4.93. The number of aliphatic hydroxyl groups is 1. The Morgan fingerprint density at radius 1 is 1.19 bits per heavy atom. The van der Waals surface area contributed by atoms with Crippen molar-refractivity contribution in [3.63, 3.8) is 0 Å². The molecule has 16 heavy (non-hydrogen) atoms. The first-order chi connectivity index (χ1) is 7.67. The zero-order valence-electron chi connectivity index (χ0n) is 10.9. The lowest BCUT2D eigenvalue weighted by Gasteiger charge is -2.38. The summed E-state index contributed by atoms with van der Waals surface area (Å²) < 4.78 is 0.